The van der Waals surface area contributed by atoms with E-state index in [0.717, 1.165) is 30.4 Å². The van der Waals surface area contributed by atoms with Crippen LogP contribution in [0.4, 0.5) is 9.52 Å². The summed E-state index contributed by atoms with van der Waals surface area (Å²) < 4.78 is 20.2. The maximum absolute atomic E-state index is 15.1. The average Bonchev–Trinajstić information content (AvgIpc) is 3.41. The quantitative estimate of drug-likeness (QED) is 0.603. The number of ether oxygens (including phenoxy) is 1. The van der Waals surface area contributed by atoms with E-state index in [2.05, 4.69) is 32.6 Å². The summed E-state index contributed by atoms with van der Waals surface area (Å²) in [6, 6.07) is 6.72. The van der Waals surface area contributed by atoms with Crippen LogP contribution >= 0.6 is 11.3 Å². The van der Waals surface area contributed by atoms with Crippen LogP contribution < -0.4 is 15.0 Å². The molecule has 2 fully saturated rings. The number of aromatic nitrogens is 4. The smallest absolute Gasteiger partial charge is 0.233 e. The van der Waals surface area contributed by atoms with Crippen LogP contribution in [-0.2, 0) is 0 Å². The van der Waals surface area contributed by atoms with Crippen molar-refractivity contribution in [3.05, 3.63) is 30.5 Å². The van der Waals surface area contributed by atoms with Gasteiger partial charge in [-0.15, -0.1) is 15.3 Å². The predicted octanol–water partition coefficient (Wildman–Crippen LogP) is 3.43. The minimum Gasteiger partial charge on any atom is -0.507 e. The second-order valence-electron chi connectivity index (χ2n) is 8.79. The highest BCUT2D eigenvalue weighted by Gasteiger charge is 2.49. The third kappa shape index (κ3) is 3.67. The van der Waals surface area contributed by atoms with E-state index in [0.29, 0.717) is 21.6 Å². The van der Waals surface area contributed by atoms with E-state index < -0.39 is 6.17 Å². The number of nitrogens with one attached hydrogen (secondary N) is 1. The minimum atomic E-state index is -0.957. The van der Waals surface area contributed by atoms with Crippen LogP contribution in [0, 0.1) is 0 Å². The van der Waals surface area contributed by atoms with Crippen molar-refractivity contribution >= 4 is 16.5 Å². The molecule has 1 aromatic carbocycles. The lowest BCUT2D eigenvalue weighted by atomic mass is 9.88. The number of methoxy groups -OCH3 is 1. The van der Waals surface area contributed by atoms with Gasteiger partial charge in [-0.2, -0.15) is 5.10 Å². The maximum atomic E-state index is 15.1. The highest BCUT2D eigenvalue weighted by atomic mass is 32.1. The van der Waals surface area contributed by atoms with Gasteiger partial charge < -0.3 is 20.1 Å². The van der Waals surface area contributed by atoms with E-state index in [1.165, 1.54) is 18.4 Å². The number of rotatable bonds is 5. The Hall–Kier alpha value is -2.85. The number of nitrogens with zero attached hydrogens (tertiary/aromatic N) is 5. The highest BCUT2D eigenvalue weighted by Crippen LogP contribution is 2.42. The Morgan fingerprint density at radius 2 is 2.09 bits per heavy atom. The fourth-order valence-electron chi connectivity index (χ4n) is 4.76. The largest absolute Gasteiger partial charge is 0.507 e. The van der Waals surface area contributed by atoms with Crippen molar-refractivity contribution in [2.24, 2.45) is 0 Å². The summed E-state index contributed by atoms with van der Waals surface area (Å²) >= 11 is 1.35. The summed E-state index contributed by atoms with van der Waals surface area (Å²) in [6.45, 7) is 2.17. The third-order valence-electron chi connectivity index (χ3n) is 6.57. The van der Waals surface area contributed by atoms with Crippen molar-refractivity contribution in [3.8, 4) is 33.3 Å². The van der Waals surface area contributed by atoms with Gasteiger partial charge >= 0.3 is 0 Å². The average molecular weight is 457 g/mol. The van der Waals surface area contributed by atoms with Gasteiger partial charge in [-0.25, -0.2) is 4.39 Å². The molecule has 2 aromatic heterocycles. The Morgan fingerprint density at radius 3 is 2.88 bits per heavy atom. The number of hydrogen-bond acceptors (Lipinski definition) is 9. The van der Waals surface area contributed by atoms with Crippen LogP contribution in [0.5, 0.6) is 11.6 Å². The van der Waals surface area contributed by atoms with Crippen molar-refractivity contribution in [3.63, 3.8) is 0 Å². The van der Waals surface area contributed by atoms with Gasteiger partial charge in [0.25, 0.3) is 0 Å². The van der Waals surface area contributed by atoms with Gasteiger partial charge in [0.05, 0.1) is 24.9 Å². The fraction of sp³-hybridized carbons (Fsp3) is 0.455. The summed E-state index contributed by atoms with van der Waals surface area (Å²) in [6.07, 6.45) is 3.22. The number of phenolic OH excluding ortho intramolecular Hbond substituents is 1. The molecule has 10 heteroatoms. The Labute approximate surface area is 189 Å². The molecule has 0 aliphatic carbocycles. The zero-order chi connectivity index (χ0) is 22.5. The molecular weight excluding hydrogens is 431 g/mol. The van der Waals surface area contributed by atoms with E-state index in [-0.39, 0.29) is 23.4 Å². The Morgan fingerprint density at radius 1 is 1.25 bits per heavy atom. The van der Waals surface area contributed by atoms with Crippen LogP contribution in [0.3, 0.4) is 0 Å². The topological polar surface area (TPSA) is 96.3 Å². The predicted molar refractivity (Wildman–Crippen MR) is 121 cm³/mol. The second-order valence-corrected chi connectivity index (χ2v) is 9.74. The number of alkyl halides is 1. The van der Waals surface area contributed by atoms with Gasteiger partial charge in [0.15, 0.2) is 5.01 Å². The summed E-state index contributed by atoms with van der Waals surface area (Å²) in [5.74, 6) is 0.480. The molecule has 0 unspecified atom stereocenters. The number of hydrogen-bond donors (Lipinski definition) is 2. The van der Waals surface area contributed by atoms with Gasteiger partial charge in [-0.05, 0) is 43.9 Å². The molecule has 0 amide bonds. The van der Waals surface area contributed by atoms with E-state index in [1.54, 1.807) is 24.4 Å². The van der Waals surface area contributed by atoms with Crippen LogP contribution in [-0.4, -0.2) is 63.5 Å². The first-order valence-electron chi connectivity index (χ1n) is 10.6. The molecule has 32 heavy (non-hydrogen) atoms. The van der Waals surface area contributed by atoms with Gasteiger partial charge in [0, 0.05) is 30.3 Å². The molecule has 4 heterocycles. The minimum absolute atomic E-state index is 0.0295. The van der Waals surface area contributed by atoms with Gasteiger partial charge in [-0.3, -0.25) is 0 Å². The van der Waals surface area contributed by atoms with Crippen molar-refractivity contribution in [1.29, 1.82) is 0 Å². The van der Waals surface area contributed by atoms with E-state index >= 15 is 4.39 Å². The van der Waals surface area contributed by atoms with Crippen molar-refractivity contribution < 1.29 is 14.2 Å². The molecule has 0 saturated carbocycles. The van der Waals surface area contributed by atoms with Crippen LogP contribution in [0.15, 0.2) is 30.5 Å². The zero-order valence-corrected chi connectivity index (χ0v) is 18.9. The molecule has 2 bridgehead atoms. The first kappa shape index (κ1) is 21.0. The highest BCUT2D eigenvalue weighted by molar-refractivity contribution is 7.18. The van der Waals surface area contributed by atoms with Gasteiger partial charge in [0.2, 0.25) is 11.0 Å². The molecular formula is C22H25FN6O2S. The number of benzene rings is 1. The number of phenols is 1. The first-order chi connectivity index (χ1) is 15.4. The molecule has 168 valence electrons. The molecule has 2 aliphatic heterocycles. The second kappa shape index (κ2) is 7.93. The number of halogens is 1. The summed E-state index contributed by atoms with van der Waals surface area (Å²) in [7, 11) is 3.40. The SMILES string of the molecule is COc1cc(-c2ccc(-c3nnc(N(C)[C@H]4C[C@]5(C)CC[C@@H](N5)[C@H]4F)s3)c(O)c2)cnn1. The number of fused-ring (bicyclic) bond motifs is 2. The number of piperidine rings is 1. The summed E-state index contributed by atoms with van der Waals surface area (Å²) in [4.78, 5) is 1.91. The Bertz CT molecular complexity index is 1140. The van der Waals surface area contributed by atoms with E-state index in [1.807, 2.05) is 18.0 Å². The maximum Gasteiger partial charge on any atom is 0.233 e. The molecule has 0 spiro atoms. The monoisotopic (exact) mass is 456 g/mol. The normalized spacial score (nSPS) is 26.8. The molecule has 8 nitrogen and oxygen atoms in total. The standard InChI is InChI=1S/C22H25FN6O2S/c1-22-7-6-15(25-22)19(23)16(10-22)29(2)21-28-27-20(32-21)14-5-4-12(8-17(14)30)13-9-18(31-3)26-24-11-13/h4-5,8-9,11,15-16,19,25,30H,6-7,10H2,1-3H3/t15-,16+,19-,22+/m1/s1. The molecule has 3 aromatic rings. The summed E-state index contributed by atoms with van der Waals surface area (Å²) in [5.41, 5.74) is 2.10. The van der Waals surface area contributed by atoms with Crippen LogP contribution in [0.2, 0.25) is 0 Å². The van der Waals surface area contributed by atoms with Crippen LogP contribution in [0.1, 0.15) is 26.2 Å². The van der Waals surface area contributed by atoms with Gasteiger partial charge in [-0.1, -0.05) is 17.4 Å². The molecule has 4 atom stereocenters. The van der Waals surface area contributed by atoms with Crippen LogP contribution in [0.25, 0.3) is 21.7 Å². The summed E-state index contributed by atoms with van der Waals surface area (Å²) in [5, 5.41) is 31.7. The van der Waals surface area contributed by atoms with Crippen molar-refractivity contribution in [2.75, 3.05) is 19.1 Å². The number of anilines is 1. The molecule has 5 rings (SSSR count). The molecule has 2 aliphatic rings. The Balaban J connectivity index is 1.38. The first-order valence-corrected chi connectivity index (χ1v) is 11.4. The lowest BCUT2D eigenvalue weighted by Gasteiger charge is -2.42. The zero-order valence-electron chi connectivity index (χ0n) is 18.1. The molecule has 2 N–H and O–H groups in total. The van der Waals surface area contributed by atoms with Gasteiger partial charge in [0.1, 0.15) is 11.9 Å². The fourth-order valence-corrected chi connectivity index (χ4v) is 5.66. The third-order valence-corrected chi connectivity index (χ3v) is 7.62. The Kier molecular flexibility index (Phi) is 5.21. The number of aromatic hydroxyl groups is 1. The van der Waals surface area contributed by atoms with E-state index in [4.69, 9.17) is 4.74 Å². The molecule has 0 radical (unpaired) electrons. The lowest BCUT2D eigenvalue weighted by molar-refractivity contribution is 0.144. The van der Waals surface area contributed by atoms with Crippen molar-refractivity contribution in [1.82, 2.24) is 25.7 Å². The van der Waals surface area contributed by atoms with Crippen molar-refractivity contribution in [2.45, 2.75) is 50.0 Å². The lowest BCUT2D eigenvalue weighted by Crippen LogP contribution is -2.60. The molecule has 2 saturated heterocycles. The van der Waals surface area contributed by atoms with E-state index in [9.17, 15) is 5.11 Å².